The van der Waals surface area contributed by atoms with Gasteiger partial charge in [0.05, 0.1) is 6.61 Å². The number of carbonyl (C=O) groups excluding carboxylic acids is 1. The molecule has 2 fully saturated rings. The Balaban J connectivity index is 1.73. The summed E-state index contributed by atoms with van der Waals surface area (Å²) in [6, 6.07) is 6.52. The molecular formula is C17H23FN2O2. The van der Waals surface area contributed by atoms with Gasteiger partial charge < -0.3 is 14.9 Å². The Morgan fingerprint density at radius 3 is 2.68 bits per heavy atom. The lowest BCUT2D eigenvalue weighted by Crippen LogP contribution is -2.53. The quantitative estimate of drug-likeness (QED) is 0.922. The number of likely N-dealkylation sites (tertiary alicyclic amines) is 2. The zero-order valence-electron chi connectivity index (χ0n) is 12.8. The Morgan fingerprint density at radius 2 is 2.00 bits per heavy atom. The zero-order valence-corrected chi connectivity index (χ0v) is 12.8. The number of halogens is 1. The topological polar surface area (TPSA) is 43.8 Å². The van der Waals surface area contributed by atoms with Crippen molar-refractivity contribution in [2.75, 3.05) is 26.2 Å². The van der Waals surface area contributed by atoms with Gasteiger partial charge in [-0.2, -0.15) is 0 Å². The SMILES string of the molecule is O=C1CCC2(CCN(CCO)CC2)N1Cc1cccc(F)c1. The van der Waals surface area contributed by atoms with Crippen LogP contribution in [0.4, 0.5) is 4.39 Å². The molecule has 120 valence electrons. The summed E-state index contributed by atoms with van der Waals surface area (Å²) < 4.78 is 13.4. The Kier molecular flexibility index (Phi) is 4.45. The number of carbonyl (C=O) groups is 1. The zero-order chi connectivity index (χ0) is 15.6. The molecule has 4 nitrogen and oxygen atoms in total. The first kappa shape index (κ1) is 15.4. The van der Waals surface area contributed by atoms with Crippen LogP contribution in [0.25, 0.3) is 0 Å². The maximum Gasteiger partial charge on any atom is 0.223 e. The second-order valence-corrected chi connectivity index (χ2v) is 6.40. The van der Waals surface area contributed by atoms with E-state index in [0.717, 1.165) is 37.9 Å². The summed E-state index contributed by atoms with van der Waals surface area (Å²) >= 11 is 0. The van der Waals surface area contributed by atoms with Gasteiger partial charge in [0.2, 0.25) is 5.91 Å². The third-order valence-corrected chi connectivity index (χ3v) is 5.11. The summed E-state index contributed by atoms with van der Waals surface area (Å²) in [5.74, 6) is -0.0733. The second-order valence-electron chi connectivity index (χ2n) is 6.40. The van der Waals surface area contributed by atoms with Crippen LogP contribution in [-0.4, -0.2) is 52.6 Å². The van der Waals surface area contributed by atoms with Crippen LogP contribution >= 0.6 is 0 Å². The maximum absolute atomic E-state index is 13.4. The molecule has 2 aliphatic heterocycles. The lowest BCUT2D eigenvalue weighted by Gasteiger charge is -2.45. The Morgan fingerprint density at radius 1 is 1.23 bits per heavy atom. The van der Waals surface area contributed by atoms with Crippen LogP contribution in [-0.2, 0) is 11.3 Å². The third-order valence-electron chi connectivity index (χ3n) is 5.11. The summed E-state index contributed by atoms with van der Waals surface area (Å²) in [6.45, 7) is 3.20. The molecule has 0 saturated carbocycles. The van der Waals surface area contributed by atoms with Gasteiger partial charge in [-0.05, 0) is 37.0 Å². The van der Waals surface area contributed by atoms with Crippen molar-refractivity contribution in [3.63, 3.8) is 0 Å². The Hall–Kier alpha value is -1.46. The number of aliphatic hydroxyl groups excluding tert-OH is 1. The minimum absolute atomic E-state index is 0.0741. The molecule has 3 rings (SSSR count). The molecule has 0 radical (unpaired) electrons. The van der Waals surface area contributed by atoms with Crippen molar-refractivity contribution in [3.8, 4) is 0 Å². The number of aliphatic hydroxyl groups is 1. The summed E-state index contributed by atoms with van der Waals surface area (Å²) in [5, 5.41) is 9.05. The number of nitrogens with zero attached hydrogens (tertiary/aromatic N) is 2. The van der Waals surface area contributed by atoms with Crippen LogP contribution in [0.5, 0.6) is 0 Å². The molecule has 2 saturated heterocycles. The highest BCUT2D eigenvalue weighted by Gasteiger charge is 2.46. The summed E-state index contributed by atoms with van der Waals surface area (Å²) in [6.07, 6.45) is 3.37. The molecule has 1 spiro atoms. The normalized spacial score (nSPS) is 21.7. The minimum atomic E-state index is -0.254. The number of hydrogen-bond donors (Lipinski definition) is 1. The van der Waals surface area contributed by atoms with Crippen LogP contribution < -0.4 is 0 Å². The molecule has 5 heteroatoms. The van der Waals surface area contributed by atoms with Gasteiger partial charge in [-0.25, -0.2) is 4.39 Å². The Bertz CT molecular complexity index is 541. The van der Waals surface area contributed by atoms with E-state index in [1.165, 1.54) is 12.1 Å². The first-order valence-corrected chi connectivity index (χ1v) is 8.01. The lowest BCUT2D eigenvalue weighted by atomic mass is 9.84. The van der Waals surface area contributed by atoms with Gasteiger partial charge in [0.25, 0.3) is 0 Å². The molecule has 2 heterocycles. The van der Waals surface area contributed by atoms with E-state index in [-0.39, 0.29) is 23.9 Å². The van der Waals surface area contributed by atoms with E-state index in [1.54, 1.807) is 6.07 Å². The second kappa shape index (κ2) is 6.34. The highest BCUT2D eigenvalue weighted by Crippen LogP contribution is 2.40. The van der Waals surface area contributed by atoms with E-state index in [4.69, 9.17) is 5.11 Å². The van der Waals surface area contributed by atoms with Crippen LogP contribution in [0, 0.1) is 5.82 Å². The summed E-state index contributed by atoms with van der Waals surface area (Å²) in [4.78, 5) is 16.5. The molecule has 2 aliphatic rings. The van der Waals surface area contributed by atoms with Gasteiger partial charge in [0, 0.05) is 38.1 Å². The van der Waals surface area contributed by atoms with Crippen molar-refractivity contribution >= 4 is 5.91 Å². The van der Waals surface area contributed by atoms with Gasteiger partial charge in [-0.15, -0.1) is 0 Å². The van der Waals surface area contributed by atoms with Gasteiger partial charge >= 0.3 is 0 Å². The number of hydrogen-bond acceptors (Lipinski definition) is 3. The van der Waals surface area contributed by atoms with Gasteiger partial charge in [-0.1, -0.05) is 12.1 Å². The molecule has 0 aliphatic carbocycles. The van der Waals surface area contributed by atoms with Crippen LogP contribution in [0.15, 0.2) is 24.3 Å². The predicted molar refractivity (Wildman–Crippen MR) is 81.7 cm³/mol. The fraction of sp³-hybridized carbons (Fsp3) is 0.588. The van der Waals surface area contributed by atoms with E-state index >= 15 is 0 Å². The molecule has 1 aromatic carbocycles. The first-order chi connectivity index (χ1) is 10.6. The van der Waals surface area contributed by atoms with E-state index in [2.05, 4.69) is 4.90 Å². The summed E-state index contributed by atoms with van der Waals surface area (Å²) in [5.41, 5.74) is 0.780. The summed E-state index contributed by atoms with van der Waals surface area (Å²) in [7, 11) is 0. The van der Waals surface area contributed by atoms with Gasteiger partial charge in [-0.3, -0.25) is 4.79 Å². The first-order valence-electron chi connectivity index (χ1n) is 8.01. The molecule has 0 atom stereocenters. The van der Waals surface area contributed by atoms with Crippen molar-refractivity contribution in [3.05, 3.63) is 35.6 Å². The molecule has 0 bridgehead atoms. The van der Waals surface area contributed by atoms with E-state index in [1.807, 2.05) is 11.0 Å². The molecule has 0 unspecified atom stereocenters. The fourth-order valence-electron chi connectivity index (χ4n) is 3.80. The number of β-amino-alcohol motifs (C(OH)–C–C–N with tert-alkyl or cyclic N) is 1. The van der Waals surface area contributed by atoms with Crippen molar-refractivity contribution in [1.82, 2.24) is 9.80 Å². The van der Waals surface area contributed by atoms with Crippen LogP contribution in [0.3, 0.4) is 0 Å². The predicted octanol–water partition coefficient (Wildman–Crippen LogP) is 1.77. The Labute approximate surface area is 130 Å². The van der Waals surface area contributed by atoms with Gasteiger partial charge in [0.1, 0.15) is 5.82 Å². The van der Waals surface area contributed by atoms with Crippen LogP contribution in [0.1, 0.15) is 31.2 Å². The van der Waals surface area contributed by atoms with Crippen molar-refractivity contribution in [2.24, 2.45) is 0 Å². The van der Waals surface area contributed by atoms with Crippen LogP contribution in [0.2, 0.25) is 0 Å². The molecular weight excluding hydrogens is 283 g/mol. The van der Waals surface area contributed by atoms with E-state index in [0.29, 0.717) is 19.5 Å². The standard InChI is InChI=1S/C17H23FN2O2/c18-15-3-1-2-14(12-15)13-20-16(22)4-5-17(20)6-8-19(9-7-17)10-11-21/h1-3,12,21H,4-11,13H2. The van der Waals surface area contributed by atoms with Crippen molar-refractivity contribution in [2.45, 2.75) is 37.8 Å². The number of rotatable bonds is 4. The number of benzene rings is 1. The molecule has 22 heavy (non-hydrogen) atoms. The third kappa shape index (κ3) is 3.01. The lowest BCUT2D eigenvalue weighted by molar-refractivity contribution is -0.133. The molecule has 0 aromatic heterocycles. The average Bonchev–Trinajstić information content (AvgIpc) is 2.80. The monoisotopic (exact) mass is 306 g/mol. The number of amides is 1. The highest BCUT2D eigenvalue weighted by molar-refractivity contribution is 5.79. The smallest absolute Gasteiger partial charge is 0.223 e. The average molecular weight is 306 g/mol. The largest absolute Gasteiger partial charge is 0.395 e. The maximum atomic E-state index is 13.4. The molecule has 1 N–H and O–H groups in total. The van der Waals surface area contributed by atoms with Crippen molar-refractivity contribution in [1.29, 1.82) is 0 Å². The highest BCUT2D eigenvalue weighted by atomic mass is 19.1. The van der Waals surface area contributed by atoms with E-state index in [9.17, 15) is 9.18 Å². The van der Waals surface area contributed by atoms with E-state index < -0.39 is 0 Å². The van der Waals surface area contributed by atoms with Crippen molar-refractivity contribution < 1.29 is 14.3 Å². The number of piperidine rings is 1. The van der Waals surface area contributed by atoms with Gasteiger partial charge in [0.15, 0.2) is 0 Å². The fourth-order valence-corrected chi connectivity index (χ4v) is 3.80. The molecule has 1 aromatic rings. The minimum Gasteiger partial charge on any atom is -0.395 e. The molecule has 1 amide bonds.